The summed E-state index contributed by atoms with van der Waals surface area (Å²) in [6, 6.07) is 8.81. The lowest BCUT2D eigenvalue weighted by molar-refractivity contribution is 1.04. The normalized spacial score (nSPS) is 13.1. The molecule has 0 unspecified atom stereocenters. The molecule has 1 rings (SSSR count). The van der Waals surface area contributed by atoms with E-state index in [1.807, 2.05) is 0 Å². The Balaban J connectivity index is 2.66. The number of benzene rings is 1. The number of rotatable bonds is 6. The number of halogens is 3. The fourth-order valence-electron chi connectivity index (χ4n) is 2.13. The van der Waals surface area contributed by atoms with Gasteiger partial charge in [-0.3, -0.25) is 0 Å². The van der Waals surface area contributed by atoms with E-state index in [-0.39, 0.29) is 8.80 Å². The van der Waals surface area contributed by atoms with Gasteiger partial charge in [-0.25, -0.2) is 0 Å². The molecule has 1 aromatic rings. The second kappa shape index (κ2) is 7.14. The van der Waals surface area contributed by atoms with Crippen LogP contribution in [0.15, 0.2) is 24.3 Å². The van der Waals surface area contributed by atoms with Crippen LogP contribution in [0.1, 0.15) is 6.42 Å². The van der Waals surface area contributed by atoms with Crippen molar-refractivity contribution in [3.63, 3.8) is 0 Å². The Morgan fingerprint density at radius 2 is 1.47 bits per heavy atom. The minimum absolute atomic E-state index is 0.341. The van der Waals surface area contributed by atoms with Crippen molar-refractivity contribution in [3.05, 3.63) is 24.3 Å². The summed E-state index contributed by atoms with van der Waals surface area (Å²) in [6.07, 6.45) is 1.04. The highest BCUT2D eigenvalue weighted by Crippen LogP contribution is 2.28. The smallest absolute Gasteiger partial charge is 0.126 e. The first-order chi connectivity index (χ1) is 8.62. The third-order valence-electron chi connectivity index (χ3n) is 3.51. The topological polar surface area (TPSA) is 0 Å². The molecule has 0 aromatic heterocycles. The van der Waals surface area contributed by atoms with Gasteiger partial charge in [-0.2, -0.15) is 0 Å². The molecule has 6 heteroatoms. The molecule has 0 aliphatic rings. The fraction of sp³-hybridized carbons (Fsp3) is 0.538. The van der Waals surface area contributed by atoms with Crippen molar-refractivity contribution < 1.29 is 0 Å². The summed E-state index contributed by atoms with van der Waals surface area (Å²) in [5.41, 5.74) is 0. The van der Waals surface area contributed by atoms with Crippen LogP contribution in [-0.4, -0.2) is 22.9 Å². The third-order valence-corrected chi connectivity index (χ3v) is 11.1. The summed E-state index contributed by atoms with van der Waals surface area (Å²) in [5, 5.41) is 3.03. The average Bonchev–Trinajstić information content (AvgIpc) is 2.27. The van der Waals surface area contributed by atoms with Gasteiger partial charge in [-0.15, -0.1) is 33.2 Å². The van der Waals surface area contributed by atoms with Gasteiger partial charge < -0.3 is 0 Å². The van der Waals surface area contributed by atoms with Crippen LogP contribution in [0.25, 0.3) is 0 Å². The molecule has 1 radical (unpaired) electrons. The van der Waals surface area contributed by atoms with Crippen molar-refractivity contribution in [1.82, 2.24) is 0 Å². The van der Waals surface area contributed by atoms with E-state index in [1.54, 1.807) is 0 Å². The van der Waals surface area contributed by atoms with E-state index in [1.165, 1.54) is 16.4 Å². The molecule has 0 N–H and O–H groups in total. The first-order valence-electron chi connectivity index (χ1n) is 6.60. The van der Waals surface area contributed by atoms with Gasteiger partial charge in [-0.05, 0) is 6.04 Å². The molecule has 0 aliphatic carbocycles. The molecule has 0 atom stereocenters. The zero-order valence-corrected chi connectivity index (χ0v) is 17.3. The van der Waals surface area contributed by atoms with Gasteiger partial charge in [-0.1, -0.05) is 73.3 Å². The maximum Gasteiger partial charge on any atom is 0.341 e. The maximum atomic E-state index is 5.95. The predicted octanol–water partition coefficient (Wildman–Crippen LogP) is 4.61. The molecular formula is C13H22Cl3Si3. The Kier molecular flexibility index (Phi) is 6.69. The quantitative estimate of drug-likeness (QED) is 0.508. The van der Waals surface area contributed by atoms with E-state index in [9.17, 15) is 0 Å². The zero-order chi connectivity index (χ0) is 14.7. The van der Waals surface area contributed by atoms with E-state index in [2.05, 4.69) is 50.5 Å². The molecule has 0 nitrogen and oxygen atoms in total. The second-order valence-electron chi connectivity index (χ2n) is 5.93. The Morgan fingerprint density at radius 3 is 1.89 bits per heavy atom. The Hall–Kier alpha value is 0.741. The van der Waals surface area contributed by atoms with Crippen molar-refractivity contribution in [2.75, 3.05) is 0 Å². The van der Waals surface area contributed by atoms with Gasteiger partial charge in [0.2, 0.25) is 0 Å². The van der Waals surface area contributed by atoms with Crippen LogP contribution in [0.4, 0.5) is 0 Å². The summed E-state index contributed by atoms with van der Waals surface area (Å²) in [6.45, 7) is 9.47. The largest absolute Gasteiger partial charge is 0.341 e. The highest BCUT2D eigenvalue weighted by molar-refractivity contribution is 7.64. The third kappa shape index (κ3) is 6.36. The molecule has 19 heavy (non-hydrogen) atoms. The summed E-state index contributed by atoms with van der Waals surface area (Å²) >= 11 is 17.9. The van der Waals surface area contributed by atoms with Gasteiger partial charge >= 0.3 is 6.00 Å². The molecule has 0 amide bonds. The van der Waals surface area contributed by atoms with Crippen molar-refractivity contribution in [2.24, 2.45) is 0 Å². The van der Waals surface area contributed by atoms with E-state index in [4.69, 9.17) is 33.2 Å². The van der Waals surface area contributed by atoms with Crippen molar-refractivity contribution in [2.45, 2.75) is 44.7 Å². The van der Waals surface area contributed by atoms with Crippen LogP contribution < -0.4 is 10.4 Å². The minimum atomic E-state index is -2.44. The van der Waals surface area contributed by atoms with E-state index in [0.29, 0.717) is 0 Å². The monoisotopic (exact) mass is 367 g/mol. The van der Waals surface area contributed by atoms with Crippen LogP contribution in [0.5, 0.6) is 0 Å². The first kappa shape index (κ1) is 17.8. The van der Waals surface area contributed by atoms with Crippen LogP contribution in [0.3, 0.4) is 0 Å². The van der Waals surface area contributed by atoms with Crippen molar-refractivity contribution >= 4 is 66.5 Å². The van der Waals surface area contributed by atoms with Gasteiger partial charge in [0, 0.05) is 0 Å². The van der Waals surface area contributed by atoms with Crippen LogP contribution >= 0.6 is 33.2 Å². The molecular weight excluding hydrogens is 347 g/mol. The van der Waals surface area contributed by atoms with Crippen LogP contribution in [0, 0.1) is 0 Å². The molecule has 0 spiro atoms. The van der Waals surface area contributed by atoms with Crippen LogP contribution in [0.2, 0.25) is 38.3 Å². The van der Waals surface area contributed by atoms with Crippen molar-refractivity contribution in [3.8, 4) is 0 Å². The van der Waals surface area contributed by atoms with Crippen LogP contribution in [-0.2, 0) is 0 Å². The Bertz CT molecular complexity index is 397. The predicted molar refractivity (Wildman–Crippen MR) is 98.2 cm³/mol. The van der Waals surface area contributed by atoms with E-state index in [0.717, 1.165) is 12.5 Å². The number of hydrogen-bond acceptors (Lipinski definition) is 0. The zero-order valence-electron chi connectivity index (χ0n) is 12.1. The summed E-state index contributed by atoms with van der Waals surface area (Å²) in [7, 11) is -1.72. The van der Waals surface area contributed by atoms with Crippen molar-refractivity contribution in [1.29, 1.82) is 0 Å². The SMILES string of the molecule is C[Si](C)c1ccc([Si](C)(C)CCC[Si](Cl)(Cl)Cl)cc1. The fourth-order valence-corrected chi connectivity index (χ4v) is 7.52. The molecule has 1 aromatic carbocycles. The second-order valence-corrected chi connectivity index (χ2v) is 22.6. The summed E-state index contributed by atoms with van der Waals surface area (Å²) < 4.78 is 0. The summed E-state index contributed by atoms with van der Waals surface area (Å²) in [4.78, 5) is 0. The van der Waals surface area contributed by atoms with E-state index < -0.39 is 14.1 Å². The highest BCUT2D eigenvalue weighted by Gasteiger charge is 2.28. The molecule has 107 valence electrons. The molecule has 0 saturated heterocycles. The Morgan fingerprint density at radius 1 is 0.947 bits per heavy atom. The van der Waals surface area contributed by atoms with Gasteiger partial charge in [0.15, 0.2) is 0 Å². The standard InChI is InChI=1S/C13H22Cl3Si3/c1-17(2)12-6-8-13(9-7-12)18(3,4)10-5-11-19(14,15)16/h6-9H,5,10-11H2,1-4H3. The summed E-state index contributed by atoms with van der Waals surface area (Å²) in [5.74, 6) is 0. The van der Waals surface area contributed by atoms with E-state index >= 15 is 0 Å². The number of hydrogen-bond donors (Lipinski definition) is 0. The lowest BCUT2D eigenvalue weighted by Crippen LogP contribution is -2.42. The average molecular weight is 369 g/mol. The molecule has 0 bridgehead atoms. The van der Waals surface area contributed by atoms with Gasteiger partial charge in [0.25, 0.3) is 0 Å². The van der Waals surface area contributed by atoms with Gasteiger partial charge in [0.05, 0.1) is 16.9 Å². The first-order valence-corrected chi connectivity index (χ1v) is 17.5. The lowest BCUT2D eigenvalue weighted by Gasteiger charge is -2.24. The minimum Gasteiger partial charge on any atom is -0.126 e. The molecule has 0 aliphatic heterocycles. The van der Waals surface area contributed by atoms with Gasteiger partial charge in [0.1, 0.15) is 0 Å². The highest BCUT2D eigenvalue weighted by atomic mass is 35.8. The molecule has 0 saturated carbocycles. The molecule has 0 fully saturated rings. The maximum absolute atomic E-state index is 5.95. The lowest BCUT2D eigenvalue weighted by atomic mass is 10.4. The Labute approximate surface area is 135 Å². The molecule has 0 heterocycles.